The van der Waals surface area contributed by atoms with Crippen LogP contribution in [0.4, 0.5) is 16.2 Å². The van der Waals surface area contributed by atoms with Crippen molar-refractivity contribution in [1.82, 2.24) is 5.32 Å². The predicted octanol–water partition coefficient (Wildman–Crippen LogP) is 3.12. The normalized spacial score (nSPS) is 13.9. The molecule has 114 valence electrons. The van der Waals surface area contributed by atoms with Gasteiger partial charge in [-0.2, -0.15) is 0 Å². The van der Waals surface area contributed by atoms with Crippen LogP contribution in [-0.4, -0.2) is 18.5 Å². The molecule has 1 aromatic carbocycles. The summed E-state index contributed by atoms with van der Waals surface area (Å²) in [6.07, 6.45) is 2.41. The minimum Gasteiger partial charge on any atom is -0.338 e. The number of hydrogen-bond acceptors (Lipinski definition) is 2. The Morgan fingerprint density at radius 3 is 2.57 bits per heavy atom. The van der Waals surface area contributed by atoms with Crippen molar-refractivity contribution in [2.45, 2.75) is 33.6 Å². The smallest absolute Gasteiger partial charge is 0.319 e. The van der Waals surface area contributed by atoms with Crippen LogP contribution in [-0.2, 0) is 4.79 Å². The standard InChI is InChI=1S/C16H23N3O2/c1-10(2)15(20)18-13-7-4-11(3)14(8-13)19-16(21)17-9-12-5-6-12/h4,7-8,10,12H,5-6,9H2,1-3H3,(H,18,20)(H2,17,19,21). The third kappa shape index (κ3) is 4.77. The number of anilines is 2. The topological polar surface area (TPSA) is 70.2 Å². The van der Waals surface area contributed by atoms with Gasteiger partial charge in [-0.3, -0.25) is 4.79 Å². The fourth-order valence-corrected chi connectivity index (χ4v) is 1.85. The van der Waals surface area contributed by atoms with E-state index in [4.69, 9.17) is 0 Å². The van der Waals surface area contributed by atoms with Crippen LogP contribution in [0.3, 0.4) is 0 Å². The Kier molecular flexibility index (Phi) is 4.83. The molecule has 0 aliphatic heterocycles. The monoisotopic (exact) mass is 289 g/mol. The van der Waals surface area contributed by atoms with E-state index in [9.17, 15) is 9.59 Å². The van der Waals surface area contributed by atoms with Gasteiger partial charge in [0.05, 0.1) is 0 Å². The summed E-state index contributed by atoms with van der Waals surface area (Å²) in [5.74, 6) is 0.529. The first kappa shape index (κ1) is 15.4. The van der Waals surface area contributed by atoms with Crippen molar-refractivity contribution in [3.63, 3.8) is 0 Å². The lowest BCUT2D eigenvalue weighted by Gasteiger charge is -2.13. The van der Waals surface area contributed by atoms with Crippen LogP contribution < -0.4 is 16.0 Å². The van der Waals surface area contributed by atoms with Gasteiger partial charge in [0.2, 0.25) is 5.91 Å². The highest BCUT2D eigenvalue weighted by Gasteiger charge is 2.21. The molecule has 0 radical (unpaired) electrons. The maximum Gasteiger partial charge on any atom is 0.319 e. The quantitative estimate of drug-likeness (QED) is 0.779. The average molecular weight is 289 g/mol. The Labute approximate surface area is 125 Å². The Hall–Kier alpha value is -2.04. The predicted molar refractivity (Wildman–Crippen MR) is 84.4 cm³/mol. The largest absolute Gasteiger partial charge is 0.338 e. The van der Waals surface area contributed by atoms with E-state index in [1.807, 2.05) is 32.9 Å². The first-order valence-corrected chi connectivity index (χ1v) is 7.42. The first-order valence-electron chi connectivity index (χ1n) is 7.42. The fourth-order valence-electron chi connectivity index (χ4n) is 1.85. The molecule has 0 saturated heterocycles. The summed E-state index contributed by atoms with van der Waals surface area (Å²) in [5, 5.41) is 8.53. The molecule has 0 unspecified atom stereocenters. The highest BCUT2D eigenvalue weighted by molar-refractivity contribution is 5.94. The van der Waals surface area contributed by atoms with Crippen molar-refractivity contribution >= 4 is 23.3 Å². The molecule has 0 aromatic heterocycles. The highest BCUT2D eigenvalue weighted by Crippen LogP contribution is 2.27. The van der Waals surface area contributed by atoms with Crippen LogP contribution in [0.15, 0.2) is 18.2 Å². The molecule has 0 heterocycles. The van der Waals surface area contributed by atoms with E-state index in [2.05, 4.69) is 16.0 Å². The molecule has 3 amide bonds. The first-order chi connectivity index (χ1) is 9.95. The SMILES string of the molecule is Cc1ccc(NC(=O)C(C)C)cc1NC(=O)NCC1CC1. The number of hydrogen-bond donors (Lipinski definition) is 3. The minimum absolute atomic E-state index is 0.0389. The molecule has 2 rings (SSSR count). The molecule has 1 fully saturated rings. The van der Waals surface area contributed by atoms with E-state index in [-0.39, 0.29) is 17.9 Å². The van der Waals surface area contributed by atoms with Crippen molar-refractivity contribution < 1.29 is 9.59 Å². The summed E-state index contributed by atoms with van der Waals surface area (Å²) in [7, 11) is 0. The third-order valence-corrected chi connectivity index (χ3v) is 3.53. The second-order valence-corrected chi connectivity index (χ2v) is 5.95. The number of rotatable bonds is 5. The van der Waals surface area contributed by atoms with Gasteiger partial charge in [-0.15, -0.1) is 0 Å². The van der Waals surface area contributed by atoms with Gasteiger partial charge < -0.3 is 16.0 Å². The van der Waals surface area contributed by atoms with Crippen LogP contribution in [0.5, 0.6) is 0 Å². The molecule has 3 N–H and O–H groups in total. The van der Waals surface area contributed by atoms with Crippen molar-refractivity contribution in [2.24, 2.45) is 11.8 Å². The van der Waals surface area contributed by atoms with E-state index in [1.54, 1.807) is 6.07 Å². The Morgan fingerprint density at radius 2 is 1.95 bits per heavy atom. The molecule has 1 saturated carbocycles. The van der Waals surface area contributed by atoms with Crippen LogP contribution in [0.1, 0.15) is 32.3 Å². The molecule has 5 nitrogen and oxygen atoms in total. The summed E-state index contributed by atoms with van der Waals surface area (Å²) >= 11 is 0. The van der Waals surface area contributed by atoms with E-state index in [0.29, 0.717) is 17.3 Å². The van der Waals surface area contributed by atoms with Crippen LogP contribution in [0, 0.1) is 18.8 Å². The number of urea groups is 1. The zero-order chi connectivity index (χ0) is 15.4. The van der Waals surface area contributed by atoms with Gasteiger partial charge in [0.1, 0.15) is 0 Å². The van der Waals surface area contributed by atoms with Gasteiger partial charge >= 0.3 is 6.03 Å². The highest BCUT2D eigenvalue weighted by atomic mass is 16.2. The molecule has 0 atom stereocenters. The second-order valence-electron chi connectivity index (χ2n) is 5.95. The van der Waals surface area contributed by atoms with E-state index in [0.717, 1.165) is 12.1 Å². The zero-order valence-electron chi connectivity index (χ0n) is 12.8. The van der Waals surface area contributed by atoms with Crippen LogP contribution in [0.2, 0.25) is 0 Å². The lowest BCUT2D eigenvalue weighted by atomic mass is 10.1. The van der Waals surface area contributed by atoms with Gasteiger partial charge in [0.25, 0.3) is 0 Å². The molecule has 0 spiro atoms. The van der Waals surface area contributed by atoms with Crippen molar-refractivity contribution in [2.75, 3.05) is 17.2 Å². The molecule has 5 heteroatoms. The van der Waals surface area contributed by atoms with Gasteiger partial charge in [0.15, 0.2) is 0 Å². The average Bonchev–Trinajstić information content (AvgIpc) is 3.24. The van der Waals surface area contributed by atoms with Gasteiger partial charge in [-0.05, 0) is 43.4 Å². The number of amides is 3. The summed E-state index contributed by atoms with van der Waals surface area (Å²) < 4.78 is 0. The molecule has 0 bridgehead atoms. The molecular formula is C16H23N3O2. The lowest BCUT2D eigenvalue weighted by Crippen LogP contribution is -2.30. The number of aryl methyl sites for hydroxylation is 1. The van der Waals surface area contributed by atoms with Gasteiger partial charge in [-0.25, -0.2) is 4.79 Å². The summed E-state index contributed by atoms with van der Waals surface area (Å²) in [5.41, 5.74) is 2.36. The summed E-state index contributed by atoms with van der Waals surface area (Å²) in [6, 6.07) is 5.30. The van der Waals surface area contributed by atoms with E-state index >= 15 is 0 Å². The molecular weight excluding hydrogens is 266 g/mol. The van der Waals surface area contributed by atoms with Crippen molar-refractivity contribution in [1.29, 1.82) is 0 Å². The minimum atomic E-state index is -0.197. The van der Waals surface area contributed by atoms with Crippen molar-refractivity contribution in [3.05, 3.63) is 23.8 Å². The Morgan fingerprint density at radius 1 is 1.24 bits per heavy atom. The van der Waals surface area contributed by atoms with Gasteiger partial charge in [-0.1, -0.05) is 19.9 Å². The third-order valence-electron chi connectivity index (χ3n) is 3.53. The maximum absolute atomic E-state index is 11.8. The molecule has 1 aromatic rings. The number of carbonyl (C=O) groups is 2. The Bertz CT molecular complexity index is 536. The summed E-state index contributed by atoms with van der Waals surface area (Å²) in [6.45, 7) is 6.33. The molecule has 1 aliphatic rings. The molecule has 21 heavy (non-hydrogen) atoms. The summed E-state index contributed by atoms with van der Waals surface area (Å²) in [4.78, 5) is 23.5. The van der Waals surface area contributed by atoms with E-state index in [1.165, 1.54) is 12.8 Å². The second kappa shape index (κ2) is 6.61. The zero-order valence-corrected chi connectivity index (χ0v) is 12.8. The number of carbonyl (C=O) groups excluding carboxylic acids is 2. The van der Waals surface area contributed by atoms with Gasteiger partial charge in [0, 0.05) is 23.8 Å². The van der Waals surface area contributed by atoms with E-state index < -0.39 is 0 Å². The fraction of sp³-hybridized carbons (Fsp3) is 0.500. The van der Waals surface area contributed by atoms with Crippen molar-refractivity contribution in [3.8, 4) is 0 Å². The van der Waals surface area contributed by atoms with Crippen LogP contribution >= 0.6 is 0 Å². The number of benzene rings is 1. The number of nitrogens with one attached hydrogen (secondary N) is 3. The van der Waals surface area contributed by atoms with Crippen LogP contribution in [0.25, 0.3) is 0 Å². The lowest BCUT2D eigenvalue weighted by molar-refractivity contribution is -0.118. The maximum atomic E-state index is 11.8. The Balaban J connectivity index is 1.97. The molecule has 1 aliphatic carbocycles.